The molecule has 150 valence electrons. The molecule has 29 heavy (non-hydrogen) atoms. The van der Waals surface area contributed by atoms with Gasteiger partial charge in [0, 0.05) is 29.4 Å². The van der Waals surface area contributed by atoms with Crippen LogP contribution in [0.1, 0.15) is 27.9 Å². The van der Waals surface area contributed by atoms with E-state index < -0.39 is 0 Å². The van der Waals surface area contributed by atoms with E-state index in [4.69, 9.17) is 4.98 Å². The van der Waals surface area contributed by atoms with Gasteiger partial charge in [-0.05, 0) is 49.1 Å². The van der Waals surface area contributed by atoms with Crippen molar-refractivity contribution in [3.8, 4) is 11.3 Å². The Morgan fingerprint density at radius 1 is 1.07 bits per heavy atom. The van der Waals surface area contributed by atoms with Crippen molar-refractivity contribution in [3.05, 3.63) is 82.0 Å². The van der Waals surface area contributed by atoms with Crippen molar-refractivity contribution in [2.45, 2.75) is 33.7 Å². The van der Waals surface area contributed by atoms with Gasteiger partial charge >= 0.3 is 0 Å². The SMILES string of the molecule is Cc1ccc(-c2cn3c(CC(=O)NCc4ccccc4C)csc3n2)cc1C.Cl. The average Bonchev–Trinajstić information content (AvgIpc) is 3.25. The smallest absolute Gasteiger partial charge is 0.226 e. The minimum absolute atomic E-state index is 0. The Kier molecular flexibility index (Phi) is 6.40. The van der Waals surface area contributed by atoms with Crippen LogP contribution in [0.2, 0.25) is 0 Å². The van der Waals surface area contributed by atoms with E-state index in [0.29, 0.717) is 13.0 Å². The minimum atomic E-state index is 0. The molecule has 1 amide bonds. The molecule has 4 aromatic rings. The third kappa shape index (κ3) is 4.52. The van der Waals surface area contributed by atoms with E-state index >= 15 is 0 Å². The van der Waals surface area contributed by atoms with Crippen LogP contribution in [-0.4, -0.2) is 15.3 Å². The largest absolute Gasteiger partial charge is 0.352 e. The summed E-state index contributed by atoms with van der Waals surface area (Å²) >= 11 is 1.57. The summed E-state index contributed by atoms with van der Waals surface area (Å²) in [5, 5.41) is 5.04. The lowest BCUT2D eigenvalue weighted by Gasteiger charge is -2.07. The topological polar surface area (TPSA) is 46.4 Å². The van der Waals surface area contributed by atoms with E-state index in [1.165, 1.54) is 16.7 Å². The molecule has 0 spiro atoms. The number of nitrogens with one attached hydrogen (secondary N) is 1. The zero-order valence-electron chi connectivity index (χ0n) is 16.7. The zero-order valence-corrected chi connectivity index (χ0v) is 18.4. The average molecular weight is 426 g/mol. The summed E-state index contributed by atoms with van der Waals surface area (Å²) in [5.74, 6) is 0.0179. The summed E-state index contributed by atoms with van der Waals surface area (Å²) in [7, 11) is 0. The summed E-state index contributed by atoms with van der Waals surface area (Å²) in [4.78, 5) is 18.1. The Labute approximate surface area is 181 Å². The molecule has 2 aromatic heterocycles. The molecule has 0 radical (unpaired) electrons. The van der Waals surface area contributed by atoms with Crippen molar-refractivity contribution in [2.24, 2.45) is 0 Å². The number of halogens is 1. The molecule has 0 unspecified atom stereocenters. The first-order valence-electron chi connectivity index (χ1n) is 9.35. The van der Waals surface area contributed by atoms with Gasteiger partial charge < -0.3 is 5.32 Å². The number of rotatable bonds is 5. The van der Waals surface area contributed by atoms with Gasteiger partial charge in [0.15, 0.2) is 4.96 Å². The molecule has 1 N–H and O–H groups in total. The Morgan fingerprint density at radius 3 is 2.62 bits per heavy atom. The van der Waals surface area contributed by atoms with Gasteiger partial charge in [0.1, 0.15) is 0 Å². The lowest BCUT2D eigenvalue weighted by Crippen LogP contribution is -2.25. The Hall–Kier alpha value is -2.63. The number of thiazole rings is 1. The van der Waals surface area contributed by atoms with Crippen molar-refractivity contribution in [1.29, 1.82) is 0 Å². The molecule has 2 heterocycles. The van der Waals surface area contributed by atoms with E-state index in [1.807, 2.05) is 34.2 Å². The standard InChI is InChI=1S/C23H23N3OS.ClH/c1-15-8-9-18(10-17(15)3)21-13-26-20(14-28-23(26)25-21)11-22(27)24-12-19-7-5-4-6-16(19)2;/h4-10,13-14H,11-12H2,1-3H3,(H,24,27);1H. The van der Waals surface area contributed by atoms with Gasteiger partial charge in [0.25, 0.3) is 0 Å². The number of carbonyl (C=O) groups is 1. The van der Waals surface area contributed by atoms with Crippen molar-refractivity contribution in [3.63, 3.8) is 0 Å². The molecule has 6 heteroatoms. The predicted octanol–water partition coefficient (Wildman–Crippen LogP) is 5.27. The summed E-state index contributed by atoms with van der Waals surface area (Å²) in [5.41, 5.74) is 7.87. The molecule has 0 aliphatic heterocycles. The van der Waals surface area contributed by atoms with E-state index in [0.717, 1.165) is 27.5 Å². The highest BCUT2D eigenvalue weighted by Crippen LogP contribution is 2.25. The van der Waals surface area contributed by atoms with Gasteiger partial charge in [0.05, 0.1) is 12.1 Å². The van der Waals surface area contributed by atoms with Crippen LogP contribution in [0.3, 0.4) is 0 Å². The van der Waals surface area contributed by atoms with Crippen LogP contribution in [0.4, 0.5) is 0 Å². The van der Waals surface area contributed by atoms with Crippen LogP contribution in [0.25, 0.3) is 16.2 Å². The van der Waals surface area contributed by atoms with E-state index in [2.05, 4.69) is 50.4 Å². The number of imidazole rings is 1. The van der Waals surface area contributed by atoms with Crippen LogP contribution in [0, 0.1) is 20.8 Å². The number of hydrogen-bond acceptors (Lipinski definition) is 3. The normalized spacial score (nSPS) is 10.7. The van der Waals surface area contributed by atoms with Gasteiger partial charge in [-0.15, -0.1) is 23.7 Å². The Bertz CT molecular complexity index is 1160. The second kappa shape index (κ2) is 8.80. The number of hydrogen-bond donors (Lipinski definition) is 1. The highest BCUT2D eigenvalue weighted by atomic mass is 35.5. The van der Waals surface area contributed by atoms with Gasteiger partial charge in [0.2, 0.25) is 5.91 Å². The van der Waals surface area contributed by atoms with Gasteiger partial charge in [-0.3, -0.25) is 9.20 Å². The molecule has 2 aromatic carbocycles. The molecule has 0 atom stereocenters. The third-order valence-electron chi connectivity index (χ3n) is 5.16. The van der Waals surface area contributed by atoms with Crippen LogP contribution >= 0.6 is 23.7 Å². The summed E-state index contributed by atoms with van der Waals surface area (Å²) in [6.07, 6.45) is 2.37. The minimum Gasteiger partial charge on any atom is -0.352 e. The molecule has 0 fully saturated rings. The maximum atomic E-state index is 12.5. The monoisotopic (exact) mass is 425 g/mol. The highest BCUT2D eigenvalue weighted by molar-refractivity contribution is 7.15. The number of nitrogens with zero attached hydrogens (tertiary/aromatic N) is 2. The van der Waals surface area contributed by atoms with Crippen LogP contribution in [0.5, 0.6) is 0 Å². The lowest BCUT2D eigenvalue weighted by molar-refractivity contribution is -0.120. The zero-order chi connectivity index (χ0) is 19.7. The predicted molar refractivity (Wildman–Crippen MR) is 122 cm³/mol. The number of carbonyl (C=O) groups excluding carboxylic acids is 1. The molecule has 0 aliphatic carbocycles. The highest BCUT2D eigenvalue weighted by Gasteiger charge is 2.13. The number of amides is 1. The van der Waals surface area contributed by atoms with Gasteiger partial charge in [-0.2, -0.15) is 0 Å². The first kappa shape index (κ1) is 21.1. The van der Waals surface area contributed by atoms with Crippen LogP contribution in [0.15, 0.2) is 54.0 Å². The quantitative estimate of drug-likeness (QED) is 0.473. The molecule has 0 bridgehead atoms. The second-order valence-electron chi connectivity index (χ2n) is 7.18. The Balaban J connectivity index is 0.00000240. The number of aromatic nitrogens is 2. The van der Waals surface area contributed by atoms with Crippen molar-refractivity contribution >= 4 is 34.6 Å². The van der Waals surface area contributed by atoms with Crippen molar-refractivity contribution in [2.75, 3.05) is 0 Å². The first-order valence-corrected chi connectivity index (χ1v) is 10.2. The van der Waals surface area contributed by atoms with Gasteiger partial charge in [-0.25, -0.2) is 4.98 Å². The lowest BCUT2D eigenvalue weighted by atomic mass is 10.0. The van der Waals surface area contributed by atoms with E-state index in [1.54, 1.807) is 11.3 Å². The van der Waals surface area contributed by atoms with Crippen LogP contribution < -0.4 is 5.32 Å². The molecule has 0 saturated heterocycles. The number of benzene rings is 2. The Morgan fingerprint density at radius 2 is 1.86 bits per heavy atom. The maximum absolute atomic E-state index is 12.5. The van der Waals surface area contributed by atoms with Crippen molar-refractivity contribution in [1.82, 2.24) is 14.7 Å². The molecular formula is C23H24ClN3OS. The molecule has 0 saturated carbocycles. The fourth-order valence-electron chi connectivity index (χ4n) is 3.23. The molecule has 4 rings (SSSR count). The number of fused-ring (bicyclic) bond motifs is 1. The first-order chi connectivity index (χ1) is 13.5. The van der Waals surface area contributed by atoms with E-state index in [-0.39, 0.29) is 18.3 Å². The van der Waals surface area contributed by atoms with Crippen molar-refractivity contribution < 1.29 is 4.79 Å². The molecular weight excluding hydrogens is 402 g/mol. The van der Waals surface area contributed by atoms with E-state index in [9.17, 15) is 4.79 Å². The fraction of sp³-hybridized carbons (Fsp3) is 0.217. The third-order valence-corrected chi connectivity index (χ3v) is 6.05. The summed E-state index contributed by atoms with van der Waals surface area (Å²) in [6, 6.07) is 14.5. The molecule has 0 aliphatic rings. The maximum Gasteiger partial charge on any atom is 0.226 e. The van der Waals surface area contributed by atoms with Gasteiger partial charge in [-0.1, -0.05) is 36.4 Å². The fourth-order valence-corrected chi connectivity index (χ4v) is 4.10. The van der Waals surface area contributed by atoms with Crippen LogP contribution in [-0.2, 0) is 17.8 Å². The summed E-state index contributed by atoms with van der Waals surface area (Å²) in [6.45, 7) is 6.83. The molecule has 4 nitrogen and oxygen atoms in total. The number of aryl methyl sites for hydroxylation is 3. The summed E-state index contributed by atoms with van der Waals surface area (Å²) < 4.78 is 2.03. The second-order valence-corrected chi connectivity index (χ2v) is 8.02.